The average Bonchev–Trinajstić information content (AvgIpc) is 2.59. The molecule has 3 aromatic rings. The molecular formula is C16H14N4O3S. The quantitative estimate of drug-likeness (QED) is 0.739. The number of hydrogen-bond acceptors (Lipinski definition) is 5. The van der Waals surface area contributed by atoms with Crippen molar-refractivity contribution in [1.82, 2.24) is 15.3 Å². The summed E-state index contributed by atoms with van der Waals surface area (Å²) in [7, 11) is -3.71. The molecule has 0 aliphatic heterocycles. The summed E-state index contributed by atoms with van der Waals surface area (Å²) in [6.07, 6.45) is 3.16. The molecule has 3 rings (SSSR count). The zero-order valence-electron chi connectivity index (χ0n) is 12.5. The Morgan fingerprint density at radius 3 is 2.33 bits per heavy atom. The molecule has 7 nitrogen and oxygen atoms in total. The zero-order chi connectivity index (χ0) is 17.2. The first-order valence-corrected chi connectivity index (χ1v) is 8.59. The summed E-state index contributed by atoms with van der Waals surface area (Å²) in [6.45, 7) is 0.266. The van der Waals surface area contributed by atoms with E-state index < -0.39 is 10.0 Å². The lowest BCUT2D eigenvalue weighted by Gasteiger charge is -2.07. The van der Waals surface area contributed by atoms with Gasteiger partial charge in [-0.2, -0.15) is 0 Å². The van der Waals surface area contributed by atoms with Crippen LogP contribution in [0.5, 0.6) is 0 Å². The molecule has 1 aromatic heterocycles. The van der Waals surface area contributed by atoms with E-state index in [1.165, 1.54) is 12.1 Å². The van der Waals surface area contributed by atoms with Gasteiger partial charge in [-0.15, -0.1) is 0 Å². The predicted octanol–water partition coefficient (Wildman–Crippen LogP) is 1.21. The molecule has 0 aliphatic carbocycles. The summed E-state index contributed by atoms with van der Waals surface area (Å²) in [4.78, 5) is 20.6. The van der Waals surface area contributed by atoms with Crippen molar-refractivity contribution in [3.63, 3.8) is 0 Å². The number of nitrogens with zero attached hydrogens (tertiary/aromatic N) is 2. The topological polar surface area (TPSA) is 115 Å². The molecule has 0 unspecified atom stereocenters. The van der Waals surface area contributed by atoms with E-state index in [2.05, 4.69) is 15.3 Å². The molecule has 8 heteroatoms. The van der Waals surface area contributed by atoms with Gasteiger partial charge in [-0.05, 0) is 35.9 Å². The fourth-order valence-corrected chi connectivity index (χ4v) is 2.70. The number of aromatic nitrogens is 2. The van der Waals surface area contributed by atoms with Gasteiger partial charge in [-0.1, -0.05) is 12.1 Å². The van der Waals surface area contributed by atoms with E-state index in [0.717, 1.165) is 5.56 Å². The van der Waals surface area contributed by atoms with Gasteiger partial charge in [0.15, 0.2) is 0 Å². The van der Waals surface area contributed by atoms with Crippen molar-refractivity contribution in [2.75, 3.05) is 0 Å². The summed E-state index contributed by atoms with van der Waals surface area (Å²) in [5, 5.41) is 7.81. The molecule has 0 fully saturated rings. The van der Waals surface area contributed by atoms with E-state index in [1.807, 2.05) is 0 Å². The van der Waals surface area contributed by atoms with Gasteiger partial charge < -0.3 is 5.32 Å². The summed E-state index contributed by atoms with van der Waals surface area (Å²) < 4.78 is 22.4. The van der Waals surface area contributed by atoms with Gasteiger partial charge in [0.25, 0.3) is 5.91 Å². The molecule has 0 aliphatic rings. The maximum absolute atomic E-state index is 12.2. The average molecular weight is 342 g/mol. The molecule has 0 atom stereocenters. The van der Waals surface area contributed by atoms with E-state index in [0.29, 0.717) is 16.6 Å². The Morgan fingerprint density at radius 2 is 1.67 bits per heavy atom. The van der Waals surface area contributed by atoms with Crippen LogP contribution in [0.1, 0.15) is 15.9 Å². The zero-order valence-corrected chi connectivity index (χ0v) is 13.3. The highest BCUT2D eigenvalue weighted by atomic mass is 32.2. The molecular weight excluding hydrogens is 328 g/mol. The van der Waals surface area contributed by atoms with Gasteiger partial charge in [0, 0.05) is 24.5 Å². The van der Waals surface area contributed by atoms with Crippen LogP contribution in [0.3, 0.4) is 0 Å². The van der Waals surface area contributed by atoms with Gasteiger partial charge in [-0.25, -0.2) is 13.6 Å². The highest BCUT2D eigenvalue weighted by molar-refractivity contribution is 7.89. The van der Waals surface area contributed by atoms with Crippen molar-refractivity contribution >= 4 is 27.0 Å². The minimum absolute atomic E-state index is 0.0330. The largest absolute Gasteiger partial charge is 0.348 e. The van der Waals surface area contributed by atoms with Gasteiger partial charge in [0.2, 0.25) is 10.0 Å². The van der Waals surface area contributed by atoms with Crippen LogP contribution in [-0.2, 0) is 16.6 Å². The number of nitrogens with two attached hydrogens (primary N) is 1. The lowest BCUT2D eigenvalue weighted by atomic mass is 10.1. The van der Waals surface area contributed by atoms with Crippen molar-refractivity contribution < 1.29 is 13.2 Å². The number of hydrogen-bond donors (Lipinski definition) is 2. The molecule has 0 saturated carbocycles. The van der Waals surface area contributed by atoms with E-state index in [1.54, 1.807) is 42.7 Å². The van der Waals surface area contributed by atoms with Crippen LogP contribution in [0.2, 0.25) is 0 Å². The molecule has 1 amide bonds. The first-order chi connectivity index (χ1) is 11.4. The van der Waals surface area contributed by atoms with Gasteiger partial charge in [0.05, 0.1) is 15.9 Å². The number of sulfonamides is 1. The van der Waals surface area contributed by atoms with Crippen LogP contribution in [0, 0.1) is 0 Å². The lowest BCUT2D eigenvalue weighted by molar-refractivity contribution is 0.0951. The molecule has 122 valence electrons. The van der Waals surface area contributed by atoms with Crippen molar-refractivity contribution in [2.24, 2.45) is 5.14 Å². The maximum atomic E-state index is 12.2. The number of nitrogens with one attached hydrogen (secondary N) is 1. The number of amides is 1. The molecule has 3 N–H and O–H groups in total. The van der Waals surface area contributed by atoms with Crippen molar-refractivity contribution in [1.29, 1.82) is 0 Å². The molecule has 0 radical (unpaired) electrons. The second-order valence-electron chi connectivity index (χ2n) is 5.13. The van der Waals surface area contributed by atoms with Gasteiger partial charge >= 0.3 is 0 Å². The number of carbonyl (C=O) groups excluding carboxylic acids is 1. The molecule has 0 saturated heterocycles. The molecule has 0 bridgehead atoms. The van der Waals surface area contributed by atoms with Gasteiger partial charge in [-0.3, -0.25) is 14.8 Å². The third-order valence-electron chi connectivity index (χ3n) is 3.44. The Balaban J connectivity index is 1.70. The Labute approximate surface area is 138 Å². The van der Waals surface area contributed by atoms with E-state index in [4.69, 9.17) is 5.14 Å². The number of benzene rings is 2. The minimum atomic E-state index is -3.71. The SMILES string of the molecule is NS(=O)(=O)c1ccc(CNC(=O)c2ccc3nccnc3c2)cc1. The van der Waals surface area contributed by atoms with Crippen molar-refractivity contribution in [3.05, 3.63) is 66.0 Å². The Hall–Kier alpha value is -2.84. The summed E-state index contributed by atoms with van der Waals surface area (Å²) in [5.74, 6) is -0.252. The third-order valence-corrected chi connectivity index (χ3v) is 4.37. The Kier molecular flexibility index (Phi) is 4.24. The van der Waals surface area contributed by atoms with Crippen LogP contribution in [-0.4, -0.2) is 24.3 Å². The molecule has 1 heterocycles. The lowest BCUT2D eigenvalue weighted by Crippen LogP contribution is -2.22. The first-order valence-electron chi connectivity index (χ1n) is 7.04. The Morgan fingerprint density at radius 1 is 1.00 bits per heavy atom. The second-order valence-corrected chi connectivity index (χ2v) is 6.69. The third kappa shape index (κ3) is 3.55. The van der Waals surface area contributed by atoms with Crippen LogP contribution >= 0.6 is 0 Å². The fourth-order valence-electron chi connectivity index (χ4n) is 2.19. The van der Waals surface area contributed by atoms with Crippen molar-refractivity contribution in [2.45, 2.75) is 11.4 Å². The van der Waals surface area contributed by atoms with Crippen LogP contribution in [0.15, 0.2) is 59.8 Å². The molecule has 0 spiro atoms. The maximum Gasteiger partial charge on any atom is 0.251 e. The summed E-state index contributed by atoms with van der Waals surface area (Å²) in [5.41, 5.74) is 2.59. The highest BCUT2D eigenvalue weighted by Crippen LogP contribution is 2.12. The molecule has 2 aromatic carbocycles. The van der Waals surface area contributed by atoms with Crippen LogP contribution < -0.4 is 10.5 Å². The monoisotopic (exact) mass is 342 g/mol. The number of rotatable bonds is 4. The number of fused-ring (bicyclic) bond motifs is 1. The number of carbonyl (C=O) groups is 1. The number of primary sulfonamides is 1. The van der Waals surface area contributed by atoms with E-state index in [-0.39, 0.29) is 17.3 Å². The van der Waals surface area contributed by atoms with Gasteiger partial charge in [0.1, 0.15) is 0 Å². The fraction of sp³-hybridized carbons (Fsp3) is 0.0625. The predicted molar refractivity (Wildman–Crippen MR) is 88.5 cm³/mol. The second kappa shape index (κ2) is 6.34. The summed E-state index contributed by atoms with van der Waals surface area (Å²) >= 11 is 0. The first kappa shape index (κ1) is 16.0. The van der Waals surface area contributed by atoms with Crippen LogP contribution in [0.25, 0.3) is 11.0 Å². The van der Waals surface area contributed by atoms with E-state index in [9.17, 15) is 13.2 Å². The molecule has 24 heavy (non-hydrogen) atoms. The highest BCUT2D eigenvalue weighted by Gasteiger charge is 2.09. The van der Waals surface area contributed by atoms with Crippen LogP contribution in [0.4, 0.5) is 0 Å². The van der Waals surface area contributed by atoms with Crippen molar-refractivity contribution in [3.8, 4) is 0 Å². The normalized spacial score (nSPS) is 11.4. The Bertz CT molecular complexity index is 1000. The smallest absolute Gasteiger partial charge is 0.251 e. The minimum Gasteiger partial charge on any atom is -0.348 e. The van der Waals surface area contributed by atoms with E-state index >= 15 is 0 Å². The summed E-state index contributed by atoms with van der Waals surface area (Å²) in [6, 6.07) is 11.1. The standard InChI is InChI=1S/C16H14N4O3S/c17-24(22,23)13-4-1-11(2-5-13)10-20-16(21)12-3-6-14-15(9-12)19-8-7-18-14/h1-9H,10H2,(H,20,21)(H2,17,22,23).